The molecule has 3 aliphatic rings. The first-order valence-corrected chi connectivity index (χ1v) is 17.9. The Hall–Kier alpha value is -4.75. The SMILES string of the molecule is COc1cc2nc(CCn3c(=O)n4n(c3=O)[C@@H]3C[C@@]5(Cl)C(=O)N(CBr)C(=O)[C@@]5(Cl)[C@@H](c5cc(OC(F)(F)F)ccc5O)C3=CC4)c(=O)n(C)c2cc1OC. The van der Waals surface area contributed by atoms with Crippen molar-refractivity contribution in [3.05, 3.63) is 84.6 Å². The van der Waals surface area contributed by atoms with E-state index in [4.69, 9.17) is 32.7 Å². The van der Waals surface area contributed by atoms with Crippen LogP contribution in [0.4, 0.5) is 13.2 Å². The van der Waals surface area contributed by atoms with E-state index in [0.29, 0.717) is 22.5 Å². The van der Waals surface area contributed by atoms with Crippen molar-refractivity contribution in [2.75, 3.05) is 19.7 Å². The summed E-state index contributed by atoms with van der Waals surface area (Å²) in [7, 11) is 4.41. The molecule has 0 radical (unpaired) electrons. The van der Waals surface area contributed by atoms with Crippen LogP contribution in [-0.2, 0) is 36.1 Å². The lowest BCUT2D eigenvalue weighted by Gasteiger charge is -2.49. The van der Waals surface area contributed by atoms with Gasteiger partial charge in [0.15, 0.2) is 21.2 Å². The van der Waals surface area contributed by atoms with Crippen LogP contribution >= 0.6 is 39.1 Å². The number of hydrogen-bond donors (Lipinski definition) is 1. The fourth-order valence-corrected chi connectivity index (χ4v) is 9.05. The largest absolute Gasteiger partial charge is 0.573 e. The second-order valence-corrected chi connectivity index (χ2v) is 14.6. The van der Waals surface area contributed by atoms with Crippen LogP contribution in [0.1, 0.15) is 29.6 Å². The predicted octanol–water partition coefficient (Wildman–Crippen LogP) is 3.27. The fourth-order valence-electron chi connectivity index (χ4n) is 7.65. The van der Waals surface area contributed by atoms with Gasteiger partial charge in [-0.2, -0.15) is 0 Å². The molecule has 0 bridgehead atoms. The predicted molar refractivity (Wildman–Crippen MR) is 189 cm³/mol. The van der Waals surface area contributed by atoms with Gasteiger partial charge in [0, 0.05) is 50.0 Å². The summed E-state index contributed by atoms with van der Waals surface area (Å²) in [6, 6.07) is 4.48. The molecule has 4 heterocycles. The Bertz CT molecular complexity index is 2500. The minimum absolute atomic E-state index is 0.0298. The van der Waals surface area contributed by atoms with Crippen LogP contribution < -0.4 is 31.1 Å². The maximum atomic E-state index is 14.2. The zero-order chi connectivity index (χ0) is 39.2. The fraction of sp³-hybridized carbons (Fsp3) is 0.394. The molecule has 1 saturated heterocycles. The number of phenolic OH excluding ortho intramolecular Hbond substituents is 1. The van der Waals surface area contributed by atoms with E-state index in [2.05, 4.69) is 25.7 Å². The second-order valence-electron chi connectivity index (χ2n) is 12.8. The molecule has 15 nitrogen and oxygen atoms in total. The Kier molecular flexibility index (Phi) is 9.00. The molecule has 2 amide bonds. The number of aromatic nitrogens is 5. The number of likely N-dealkylation sites (tertiary alicyclic amines) is 1. The first kappa shape index (κ1) is 37.6. The molecule has 1 aliphatic carbocycles. The van der Waals surface area contributed by atoms with E-state index in [1.165, 1.54) is 31.9 Å². The number of aromatic hydroxyl groups is 1. The quantitative estimate of drug-likeness (QED) is 0.120. The van der Waals surface area contributed by atoms with E-state index < -0.39 is 74.7 Å². The molecule has 2 fully saturated rings. The molecule has 2 aromatic heterocycles. The van der Waals surface area contributed by atoms with E-state index in [-0.39, 0.29) is 41.8 Å². The number of hydrogen-bond acceptors (Lipinski definition) is 10. The number of aryl methyl sites for hydroxylation is 2. The number of methoxy groups -OCH3 is 2. The number of allylic oxidation sites excluding steroid dienone is 2. The van der Waals surface area contributed by atoms with Gasteiger partial charge in [0.05, 0.1) is 43.3 Å². The van der Waals surface area contributed by atoms with Crippen molar-refractivity contribution in [1.29, 1.82) is 0 Å². The molecule has 2 aliphatic heterocycles. The van der Waals surface area contributed by atoms with Crippen molar-refractivity contribution in [1.82, 2.24) is 28.4 Å². The zero-order valence-corrected chi connectivity index (χ0v) is 31.4. The van der Waals surface area contributed by atoms with Crippen molar-refractivity contribution < 1.29 is 42.1 Å². The third-order valence-corrected chi connectivity index (χ3v) is 12.0. The molecule has 2 aromatic carbocycles. The molecule has 4 aromatic rings. The molecule has 0 unspecified atom stereocenters. The number of ether oxygens (including phenoxy) is 3. The first-order valence-electron chi connectivity index (χ1n) is 16.0. The highest BCUT2D eigenvalue weighted by molar-refractivity contribution is 9.09. The van der Waals surface area contributed by atoms with Crippen molar-refractivity contribution in [3.8, 4) is 23.0 Å². The molecular weight excluding hydrogens is 832 g/mol. The summed E-state index contributed by atoms with van der Waals surface area (Å²) in [6.45, 7) is -0.595. The van der Waals surface area contributed by atoms with Crippen LogP contribution in [-0.4, -0.2) is 81.1 Å². The molecule has 54 heavy (non-hydrogen) atoms. The maximum absolute atomic E-state index is 14.2. The highest BCUT2D eigenvalue weighted by Gasteiger charge is 2.75. The summed E-state index contributed by atoms with van der Waals surface area (Å²) >= 11 is 17.3. The molecule has 0 spiro atoms. The normalized spacial score (nSPS) is 23.6. The van der Waals surface area contributed by atoms with Crippen molar-refractivity contribution >= 4 is 62.0 Å². The number of amides is 2. The van der Waals surface area contributed by atoms with Crippen molar-refractivity contribution in [3.63, 3.8) is 0 Å². The lowest BCUT2D eigenvalue weighted by Crippen LogP contribution is -2.59. The molecule has 4 atom stereocenters. The van der Waals surface area contributed by atoms with Gasteiger partial charge in [0.2, 0.25) is 0 Å². The van der Waals surface area contributed by atoms with Crippen LogP contribution in [0.2, 0.25) is 0 Å². The Balaban J connectivity index is 1.33. The minimum Gasteiger partial charge on any atom is -0.508 e. The number of carbonyl (C=O) groups excluding carboxylic acids is 2. The van der Waals surface area contributed by atoms with Gasteiger partial charge in [-0.3, -0.25) is 19.3 Å². The number of carbonyl (C=O) groups is 2. The highest BCUT2D eigenvalue weighted by Crippen LogP contribution is 2.64. The van der Waals surface area contributed by atoms with Gasteiger partial charge in [0.1, 0.15) is 17.2 Å². The number of alkyl halides is 6. The Morgan fingerprint density at radius 3 is 2.35 bits per heavy atom. The van der Waals surface area contributed by atoms with Gasteiger partial charge in [-0.05, 0) is 23.8 Å². The summed E-state index contributed by atoms with van der Waals surface area (Å²) in [6.07, 6.45) is -4.35. The van der Waals surface area contributed by atoms with E-state index in [9.17, 15) is 42.3 Å². The number of halogens is 6. The molecule has 21 heteroatoms. The van der Waals surface area contributed by atoms with Gasteiger partial charge < -0.3 is 23.9 Å². The van der Waals surface area contributed by atoms with Crippen LogP contribution in [0.3, 0.4) is 0 Å². The molecule has 286 valence electrons. The van der Waals surface area contributed by atoms with E-state index in [0.717, 1.165) is 37.0 Å². The number of fused-ring (bicyclic) bond motifs is 5. The monoisotopic (exact) mass is 858 g/mol. The third kappa shape index (κ3) is 5.37. The summed E-state index contributed by atoms with van der Waals surface area (Å²) in [5.41, 5.74) is -1.88. The second kappa shape index (κ2) is 12.9. The standard InChI is InChI=1S/C33H28BrCl2F3N6O9/c1-41-20-12-24(53-3)23(52-2)11-19(20)40-18(26(41)47)7-8-42-29(50)44-9-6-16-21(45(44)30(42)51)13-31(35)27(48)43(14-34)28(49)32(31,36)25(16)17-10-15(4-5-22(17)46)54-33(37,38)39/h4-6,10-12,21,25,46H,7-9,13-14H2,1-3H3/t21-,25-,31-,32+/m1/s1. The minimum atomic E-state index is -5.13. The Labute approximate surface area is 319 Å². The van der Waals surface area contributed by atoms with E-state index >= 15 is 0 Å². The highest BCUT2D eigenvalue weighted by atomic mass is 79.9. The number of imide groups is 1. The van der Waals surface area contributed by atoms with Crippen molar-refractivity contribution in [2.45, 2.75) is 54.0 Å². The lowest BCUT2D eigenvalue weighted by atomic mass is 9.64. The zero-order valence-electron chi connectivity index (χ0n) is 28.3. The molecule has 1 saturated carbocycles. The van der Waals surface area contributed by atoms with Gasteiger partial charge in [-0.25, -0.2) is 28.5 Å². The average Bonchev–Trinajstić information content (AvgIpc) is 3.45. The molecular formula is C33H28BrCl2F3N6O9. The summed E-state index contributed by atoms with van der Waals surface area (Å²) in [4.78, 5) is 69.6. The topological polar surface area (TPSA) is 169 Å². The van der Waals surface area contributed by atoms with Gasteiger partial charge in [-0.1, -0.05) is 22.0 Å². The van der Waals surface area contributed by atoms with Gasteiger partial charge in [0.25, 0.3) is 17.4 Å². The smallest absolute Gasteiger partial charge is 0.508 e. The summed E-state index contributed by atoms with van der Waals surface area (Å²) < 4.78 is 58.9. The Morgan fingerprint density at radius 1 is 1.02 bits per heavy atom. The van der Waals surface area contributed by atoms with E-state index in [1.54, 1.807) is 12.1 Å². The number of benzene rings is 2. The first-order chi connectivity index (χ1) is 25.4. The summed E-state index contributed by atoms with van der Waals surface area (Å²) in [5.74, 6) is -4.22. The lowest BCUT2D eigenvalue weighted by molar-refractivity contribution is -0.274. The van der Waals surface area contributed by atoms with Gasteiger partial charge >= 0.3 is 17.7 Å². The van der Waals surface area contributed by atoms with E-state index in [1.807, 2.05) is 0 Å². The Morgan fingerprint density at radius 2 is 1.70 bits per heavy atom. The summed E-state index contributed by atoms with van der Waals surface area (Å²) in [5, 5.41) is 11.1. The third-order valence-electron chi connectivity index (χ3n) is 10.1. The number of nitrogens with zero attached hydrogens (tertiary/aromatic N) is 6. The van der Waals surface area contributed by atoms with Crippen molar-refractivity contribution in [2.24, 2.45) is 7.05 Å². The van der Waals surface area contributed by atoms with Crippen LogP contribution in [0.15, 0.2) is 56.4 Å². The van der Waals surface area contributed by atoms with Crippen LogP contribution in [0.5, 0.6) is 23.0 Å². The molecule has 7 rings (SSSR count). The molecule has 1 N–H and O–H groups in total. The maximum Gasteiger partial charge on any atom is 0.573 e. The number of rotatable bonds is 8. The average molecular weight is 860 g/mol. The van der Waals surface area contributed by atoms with Crippen LogP contribution in [0, 0.1) is 0 Å². The number of phenols is 1. The van der Waals surface area contributed by atoms with Gasteiger partial charge in [-0.15, -0.1) is 36.4 Å². The van der Waals surface area contributed by atoms with Crippen LogP contribution in [0.25, 0.3) is 11.0 Å².